The van der Waals surface area contributed by atoms with Crippen LogP contribution in [0.25, 0.3) is 0 Å². The SMILES string of the molecule is CCOc1cc(CN(C)C(CC)CC)cc(Br)c1O. The molecule has 0 aliphatic carbocycles. The van der Waals surface area contributed by atoms with Crippen LogP contribution in [0.2, 0.25) is 0 Å². The van der Waals surface area contributed by atoms with Crippen LogP contribution in [0, 0.1) is 0 Å². The zero-order valence-corrected chi connectivity index (χ0v) is 13.8. The van der Waals surface area contributed by atoms with Crippen molar-refractivity contribution in [3.05, 3.63) is 22.2 Å². The first-order chi connectivity index (χ1) is 9.03. The molecule has 0 aliphatic heterocycles. The van der Waals surface area contributed by atoms with Crippen LogP contribution in [-0.4, -0.2) is 29.7 Å². The average Bonchev–Trinajstić information content (AvgIpc) is 2.37. The summed E-state index contributed by atoms with van der Waals surface area (Å²) in [6.45, 7) is 7.74. The Morgan fingerprint density at radius 1 is 1.26 bits per heavy atom. The van der Waals surface area contributed by atoms with Crippen molar-refractivity contribution >= 4 is 15.9 Å². The highest BCUT2D eigenvalue weighted by atomic mass is 79.9. The lowest BCUT2D eigenvalue weighted by molar-refractivity contribution is 0.221. The summed E-state index contributed by atoms with van der Waals surface area (Å²) in [5.74, 6) is 0.723. The topological polar surface area (TPSA) is 32.7 Å². The minimum Gasteiger partial charge on any atom is -0.503 e. The number of hydrogen-bond donors (Lipinski definition) is 1. The van der Waals surface area contributed by atoms with Gasteiger partial charge in [0.05, 0.1) is 11.1 Å². The molecule has 0 aromatic heterocycles. The summed E-state index contributed by atoms with van der Waals surface area (Å²) in [4.78, 5) is 2.34. The van der Waals surface area contributed by atoms with Gasteiger partial charge in [0.1, 0.15) is 0 Å². The van der Waals surface area contributed by atoms with Gasteiger partial charge in [-0.25, -0.2) is 0 Å². The van der Waals surface area contributed by atoms with Crippen molar-refractivity contribution in [3.63, 3.8) is 0 Å². The molecule has 0 bridgehead atoms. The number of phenols is 1. The van der Waals surface area contributed by atoms with E-state index in [0.717, 1.165) is 24.9 Å². The first kappa shape index (κ1) is 16.3. The molecule has 1 aromatic carbocycles. The maximum Gasteiger partial charge on any atom is 0.172 e. The van der Waals surface area contributed by atoms with E-state index in [-0.39, 0.29) is 5.75 Å². The summed E-state index contributed by atoms with van der Waals surface area (Å²) in [5, 5.41) is 9.90. The van der Waals surface area contributed by atoms with Gasteiger partial charge in [0.15, 0.2) is 11.5 Å². The summed E-state index contributed by atoms with van der Waals surface area (Å²) < 4.78 is 6.14. The van der Waals surface area contributed by atoms with Crippen molar-refractivity contribution in [3.8, 4) is 11.5 Å². The van der Waals surface area contributed by atoms with Gasteiger partial charge in [-0.15, -0.1) is 0 Å². The quantitative estimate of drug-likeness (QED) is 0.814. The fourth-order valence-electron chi connectivity index (χ4n) is 2.31. The summed E-state index contributed by atoms with van der Waals surface area (Å²) in [6.07, 6.45) is 2.29. The van der Waals surface area contributed by atoms with E-state index in [9.17, 15) is 5.11 Å². The van der Waals surface area contributed by atoms with Crippen LogP contribution in [0.1, 0.15) is 39.2 Å². The third-order valence-electron chi connectivity index (χ3n) is 3.39. The Labute approximate surface area is 124 Å². The standard InChI is InChI=1S/C15H24BrNO2/c1-5-12(6-2)17(4)10-11-8-13(16)15(18)14(9-11)19-7-3/h8-9,12,18H,5-7,10H2,1-4H3. The van der Waals surface area contributed by atoms with Crippen molar-refractivity contribution in [2.45, 2.75) is 46.2 Å². The van der Waals surface area contributed by atoms with Gasteiger partial charge in [0.25, 0.3) is 0 Å². The Morgan fingerprint density at radius 2 is 1.89 bits per heavy atom. The zero-order chi connectivity index (χ0) is 14.4. The lowest BCUT2D eigenvalue weighted by atomic mass is 10.1. The molecule has 19 heavy (non-hydrogen) atoms. The van der Waals surface area contributed by atoms with Crippen molar-refractivity contribution in [1.29, 1.82) is 0 Å². The number of benzene rings is 1. The monoisotopic (exact) mass is 329 g/mol. The predicted octanol–water partition coefficient (Wildman–Crippen LogP) is 4.17. The van der Waals surface area contributed by atoms with E-state index >= 15 is 0 Å². The summed E-state index contributed by atoms with van der Waals surface area (Å²) in [5.41, 5.74) is 1.14. The van der Waals surface area contributed by atoms with Gasteiger partial charge in [-0.3, -0.25) is 4.90 Å². The van der Waals surface area contributed by atoms with Gasteiger partial charge in [-0.2, -0.15) is 0 Å². The largest absolute Gasteiger partial charge is 0.503 e. The van der Waals surface area contributed by atoms with Crippen LogP contribution in [0.15, 0.2) is 16.6 Å². The minimum absolute atomic E-state index is 0.177. The van der Waals surface area contributed by atoms with Gasteiger partial charge in [0, 0.05) is 12.6 Å². The molecule has 1 aromatic rings. The summed E-state index contributed by atoms with van der Waals surface area (Å²) >= 11 is 3.38. The molecule has 108 valence electrons. The Kier molecular flexibility index (Phi) is 6.66. The highest BCUT2D eigenvalue weighted by Gasteiger charge is 2.14. The van der Waals surface area contributed by atoms with Crippen LogP contribution < -0.4 is 4.74 Å². The smallest absolute Gasteiger partial charge is 0.172 e. The predicted molar refractivity (Wildman–Crippen MR) is 82.8 cm³/mol. The lowest BCUT2D eigenvalue weighted by Crippen LogP contribution is -2.29. The maximum absolute atomic E-state index is 9.90. The molecule has 1 rings (SSSR count). The van der Waals surface area contributed by atoms with E-state index in [1.165, 1.54) is 0 Å². The molecule has 0 spiro atoms. The molecule has 0 radical (unpaired) electrons. The Hall–Kier alpha value is -0.740. The van der Waals surface area contributed by atoms with E-state index < -0.39 is 0 Å². The number of halogens is 1. The van der Waals surface area contributed by atoms with Crippen molar-refractivity contribution in [2.75, 3.05) is 13.7 Å². The molecule has 0 fully saturated rings. The second kappa shape index (κ2) is 7.75. The molecule has 0 unspecified atom stereocenters. The molecule has 1 N–H and O–H groups in total. The van der Waals surface area contributed by atoms with Gasteiger partial charge < -0.3 is 9.84 Å². The average molecular weight is 330 g/mol. The molecule has 4 heteroatoms. The van der Waals surface area contributed by atoms with E-state index in [1.54, 1.807) is 0 Å². The summed E-state index contributed by atoms with van der Waals surface area (Å²) in [7, 11) is 2.14. The number of phenolic OH excluding ortho intramolecular Hbond substituents is 1. The van der Waals surface area contributed by atoms with E-state index in [0.29, 0.717) is 22.9 Å². The van der Waals surface area contributed by atoms with Crippen LogP contribution in [-0.2, 0) is 6.54 Å². The van der Waals surface area contributed by atoms with E-state index in [2.05, 4.69) is 41.7 Å². The summed E-state index contributed by atoms with van der Waals surface area (Å²) in [6, 6.07) is 4.46. The Balaban J connectivity index is 2.89. The molecule has 3 nitrogen and oxygen atoms in total. The molecule has 0 saturated heterocycles. The normalized spacial score (nSPS) is 11.3. The molecule has 0 amide bonds. The maximum atomic E-state index is 9.90. The number of rotatable bonds is 7. The number of aromatic hydroxyl groups is 1. The van der Waals surface area contributed by atoms with Crippen LogP contribution >= 0.6 is 15.9 Å². The molecular formula is C15H24BrNO2. The van der Waals surface area contributed by atoms with Crippen LogP contribution in [0.3, 0.4) is 0 Å². The minimum atomic E-state index is 0.177. The van der Waals surface area contributed by atoms with Gasteiger partial charge in [-0.05, 0) is 60.4 Å². The number of ether oxygens (including phenoxy) is 1. The first-order valence-electron chi connectivity index (χ1n) is 6.87. The molecule has 0 aliphatic rings. The molecule has 0 heterocycles. The highest BCUT2D eigenvalue weighted by molar-refractivity contribution is 9.10. The van der Waals surface area contributed by atoms with Crippen molar-refractivity contribution < 1.29 is 9.84 Å². The molecule has 0 saturated carbocycles. The number of nitrogens with zero attached hydrogens (tertiary/aromatic N) is 1. The third kappa shape index (κ3) is 4.39. The fraction of sp³-hybridized carbons (Fsp3) is 0.600. The van der Waals surface area contributed by atoms with Crippen LogP contribution in [0.4, 0.5) is 0 Å². The second-order valence-electron chi connectivity index (χ2n) is 4.74. The van der Waals surface area contributed by atoms with Gasteiger partial charge in [0.2, 0.25) is 0 Å². The van der Waals surface area contributed by atoms with Crippen molar-refractivity contribution in [1.82, 2.24) is 4.90 Å². The van der Waals surface area contributed by atoms with Crippen LogP contribution in [0.5, 0.6) is 11.5 Å². The van der Waals surface area contributed by atoms with Crippen molar-refractivity contribution in [2.24, 2.45) is 0 Å². The van der Waals surface area contributed by atoms with E-state index in [4.69, 9.17) is 4.74 Å². The first-order valence-corrected chi connectivity index (χ1v) is 7.67. The number of hydrogen-bond acceptors (Lipinski definition) is 3. The Bertz CT molecular complexity index is 405. The Morgan fingerprint density at radius 3 is 2.42 bits per heavy atom. The highest BCUT2D eigenvalue weighted by Crippen LogP contribution is 2.35. The third-order valence-corrected chi connectivity index (χ3v) is 3.99. The second-order valence-corrected chi connectivity index (χ2v) is 5.60. The molecule has 0 atom stereocenters. The van der Waals surface area contributed by atoms with Gasteiger partial charge >= 0.3 is 0 Å². The fourth-order valence-corrected chi connectivity index (χ4v) is 2.80. The van der Waals surface area contributed by atoms with Gasteiger partial charge in [-0.1, -0.05) is 13.8 Å². The lowest BCUT2D eigenvalue weighted by Gasteiger charge is -2.26. The molecular weight excluding hydrogens is 306 g/mol. The van der Waals surface area contributed by atoms with E-state index in [1.807, 2.05) is 19.1 Å². The zero-order valence-electron chi connectivity index (χ0n) is 12.2.